The Balaban J connectivity index is 2.05. The number of carbonyl (C=O) groups is 4. The summed E-state index contributed by atoms with van der Waals surface area (Å²) in [7, 11) is 4.79. The van der Waals surface area contributed by atoms with Gasteiger partial charge in [0.2, 0.25) is 11.7 Å². The number of amides is 4. The maximum Gasteiger partial charge on any atom is 0.316 e. The Morgan fingerprint density at radius 1 is 1.03 bits per heavy atom. The summed E-state index contributed by atoms with van der Waals surface area (Å²) in [6.07, 6.45) is 1.66. The van der Waals surface area contributed by atoms with Crippen molar-refractivity contribution in [1.29, 1.82) is 0 Å². The van der Waals surface area contributed by atoms with E-state index in [4.69, 9.17) is 4.74 Å². The first kappa shape index (κ1) is 30.1. The molecule has 4 amide bonds. The summed E-state index contributed by atoms with van der Waals surface area (Å²) in [5, 5.41) is 8.41. The van der Waals surface area contributed by atoms with Crippen molar-refractivity contribution in [3.63, 3.8) is 0 Å². The van der Waals surface area contributed by atoms with E-state index in [2.05, 4.69) is 48.3 Å². The van der Waals surface area contributed by atoms with Gasteiger partial charge in [0.15, 0.2) is 5.16 Å². The number of rotatable bonds is 11. The van der Waals surface area contributed by atoms with Crippen LogP contribution in [0.3, 0.4) is 0 Å². The van der Waals surface area contributed by atoms with E-state index in [1.54, 1.807) is 19.1 Å². The van der Waals surface area contributed by atoms with Gasteiger partial charge in [-0.05, 0) is 17.5 Å². The number of benzene rings is 1. The minimum absolute atomic E-state index is 0.0665. The molecule has 10 nitrogen and oxygen atoms in total. The molecule has 0 aliphatic heterocycles. The lowest BCUT2D eigenvalue weighted by atomic mass is 10.1. The number of pyridine rings is 1. The Bertz CT molecular complexity index is 1180. The molecule has 2 atom stereocenters. The highest BCUT2D eigenvalue weighted by atomic mass is 28.1. The van der Waals surface area contributed by atoms with E-state index in [0.717, 1.165) is 5.56 Å². The van der Waals surface area contributed by atoms with Gasteiger partial charge < -0.3 is 26.0 Å². The highest BCUT2D eigenvalue weighted by Gasteiger charge is 2.36. The molecule has 1 unspecified atom stereocenters. The largest absolute Gasteiger partial charge is 0.481 e. The standard InChI is InChI=1S/C27H32N5O5Si/c1-5-21(23(33)24(34)29-17-20-11-12-22(37-4)28-16-20)31-25(35)27(38,14-13-18(2)3)32-26(36)30-15-19-9-7-6-8-10-19/h6-12,16,18,21H,5,15,17H2,1-4H3,(H,29,34)(H,31,35)(H2,30,32,36)/t21?,27-/m0/s1. The molecule has 0 saturated heterocycles. The number of nitrogens with zero attached hydrogens (tertiary/aromatic N) is 1. The van der Waals surface area contributed by atoms with Crippen LogP contribution in [-0.2, 0) is 27.5 Å². The van der Waals surface area contributed by atoms with Crippen molar-refractivity contribution in [3.05, 3.63) is 59.8 Å². The average molecular weight is 535 g/mol. The maximum atomic E-state index is 13.2. The van der Waals surface area contributed by atoms with Crippen LogP contribution in [0.2, 0.25) is 0 Å². The number of Topliss-reactive ketones (excluding diaryl/α,β-unsaturated/α-hetero) is 1. The summed E-state index contributed by atoms with van der Waals surface area (Å²) in [6.45, 7) is 5.60. The van der Waals surface area contributed by atoms with E-state index in [1.165, 1.54) is 13.3 Å². The van der Waals surface area contributed by atoms with Gasteiger partial charge in [0, 0.05) is 31.3 Å². The molecule has 38 heavy (non-hydrogen) atoms. The summed E-state index contributed by atoms with van der Waals surface area (Å²) in [5.74, 6) is 3.42. The van der Waals surface area contributed by atoms with Gasteiger partial charge in [0.25, 0.3) is 11.8 Å². The fourth-order valence-electron chi connectivity index (χ4n) is 3.07. The zero-order valence-corrected chi connectivity index (χ0v) is 22.9. The molecule has 1 heterocycles. The highest BCUT2D eigenvalue weighted by molar-refractivity contribution is 6.39. The van der Waals surface area contributed by atoms with Crippen molar-refractivity contribution in [1.82, 2.24) is 26.3 Å². The number of methoxy groups -OCH3 is 1. The van der Waals surface area contributed by atoms with Crippen molar-refractivity contribution in [2.75, 3.05) is 7.11 Å². The lowest BCUT2D eigenvalue weighted by molar-refractivity contribution is -0.140. The second-order valence-electron chi connectivity index (χ2n) is 8.66. The van der Waals surface area contributed by atoms with Gasteiger partial charge in [0.05, 0.1) is 23.4 Å². The molecular weight excluding hydrogens is 502 g/mol. The van der Waals surface area contributed by atoms with Crippen LogP contribution < -0.4 is 26.0 Å². The first-order valence-electron chi connectivity index (χ1n) is 12.1. The molecule has 0 aliphatic rings. The predicted octanol–water partition coefficient (Wildman–Crippen LogP) is 1.19. The van der Waals surface area contributed by atoms with E-state index in [1.807, 2.05) is 44.2 Å². The molecule has 2 aromatic rings. The fraction of sp³-hybridized carbons (Fsp3) is 0.370. The van der Waals surface area contributed by atoms with Crippen LogP contribution >= 0.6 is 0 Å². The number of ether oxygens (including phenoxy) is 1. The highest BCUT2D eigenvalue weighted by Crippen LogP contribution is 2.07. The minimum atomic E-state index is -1.84. The Hall–Kier alpha value is -4.17. The van der Waals surface area contributed by atoms with Gasteiger partial charge in [-0.15, -0.1) is 0 Å². The van der Waals surface area contributed by atoms with Crippen LogP contribution in [0.1, 0.15) is 38.3 Å². The summed E-state index contributed by atoms with van der Waals surface area (Å²) in [6, 6.07) is 10.8. The van der Waals surface area contributed by atoms with Gasteiger partial charge in [-0.25, -0.2) is 9.78 Å². The number of urea groups is 1. The second kappa shape index (κ2) is 14.5. The van der Waals surface area contributed by atoms with E-state index >= 15 is 0 Å². The maximum absolute atomic E-state index is 13.2. The number of aromatic nitrogens is 1. The fourth-order valence-corrected chi connectivity index (χ4v) is 3.33. The van der Waals surface area contributed by atoms with Crippen LogP contribution in [0.15, 0.2) is 48.7 Å². The molecule has 4 N–H and O–H groups in total. The molecule has 0 fully saturated rings. The zero-order chi connectivity index (χ0) is 28.1. The predicted molar refractivity (Wildman–Crippen MR) is 143 cm³/mol. The normalized spacial score (nSPS) is 12.7. The molecule has 0 saturated carbocycles. The molecule has 0 aliphatic carbocycles. The summed E-state index contributed by atoms with van der Waals surface area (Å²) >= 11 is 0. The third kappa shape index (κ3) is 9.37. The number of carbonyl (C=O) groups excluding carboxylic acids is 4. The molecule has 0 bridgehead atoms. The van der Waals surface area contributed by atoms with E-state index in [9.17, 15) is 19.2 Å². The van der Waals surface area contributed by atoms with E-state index in [0.29, 0.717) is 11.4 Å². The molecule has 0 spiro atoms. The van der Waals surface area contributed by atoms with Crippen LogP contribution in [-0.4, -0.2) is 57.2 Å². The summed E-state index contributed by atoms with van der Waals surface area (Å²) in [4.78, 5) is 55.2. The Morgan fingerprint density at radius 2 is 1.71 bits per heavy atom. The van der Waals surface area contributed by atoms with Crippen LogP contribution in [0, 0.1) is 17.8 Å². The SMILES string of the molecule is CCC(NC(=O)[C@@]([Si])(C#CC(C)C)NC(=O)NCc1ccccc1)C(=O)C(=O)NCc1ccc(OC)nc1. The smallest absolute Gasteiger partial charge is 0.316 e. The lowest BCUT2D eigenvalue weighted by Crippen LogP contribution is -2.63. The first-order valence-corrected chi connectivity index (χ1v) is 12.6. The average Bonchev–Trinajstić information content (AvgIpc) is 2.92. The van der Waals surface area contributed by atoms with E-state index < -0.39 is 34.8 Å². The van der Waals surface area contributed by atoms with Gasteiger partial charge >= 0.3 is 6.03 Å². The van der Waals surface area contributed by atoms with E-state index in [-0.39, 0.29) is 25.4 Å². The molecule has 1 aromatic heterocycles. The molecule has 2 rings (SSSR count). The number of ketones is 1. The summed E-state index contributed by atoms with van der Waals surface area (Å²) < 4.78 is 4.99. The topological polar surface area (TPSA) is 139 Å². The lowest BCUT2D eigenvalue weighted by Gasteiger charge is -2.27. The second-order valence-corrected chi connectivity index (χ2v) is 9.41. The van der Waals surface area contributed by atoms with Gasteiger partial charge in [-0.3, -0.25) is 14.4 Å². The van der Waals surface area contributed by atoms with Crippen molar-refractivity contribution in [2.24, 2.45) is 5.92 Å². The molecule has 3 radical (unpaired) electrons. The first-order chi connectivity index (χ1) is 18.1. The van der Waals surface area contributed by atoms with Crippen molar-refractivity contribution in [2.45, 2.75) is 51.5 Å². The quantitative estimate of drug-likeness (QED) is 0.194. The van der Waals surface area contributed by atoms with Gasteiger partial charge in [-0.1, -0.05) is 69.0 Å². The van der Waals surface area contributed by atoms with Gasteiger partial charge in [-0.2, -0.15) is 0 Å². The minimum Gasteiger partial charge on any atom is -0.481 e. The zero-order valence-electron chi connectivity index (χ0n) is 21.9. The number of nitrogens with one attached hydrogen (secondary N) is 4. The molecule has 11 heteroatoms. The van der Waals surface area contributed by atoms with Crippen molar-refractivity contribution in [3.8, 4) is 17.7 Å². The molecule has 1 aromatic carbocycles. The Kier molecular flexibility index (Phi) is 11.5. The summed E-state index contributed by atoms with van der Waals surface area (Å²) in [5.41, 5.74) is 1.53. The number of hydrogen-bond donors (Lipinski definition) is 4. The van der Waals surface area contributed by atoms with Crippen molar-refractivity contribution >= 4 is 33.9 Å². The third-order valence-corrected chi connectivity index (χ3v) is 5.68. The van der Waals surface area contributed by atoms with Crippen LogP contribution in [0.5, 0.6) is 5.88 Å². The molecular formula is C27H32N5O5Si. The van der Waals surface area contributed by atoms with Crippen molar-refractivity contribution < 1.29 is 23.9 Å². The van der Waals surface area contributed by atoms with Crippen LogP contribution in [0.25, 0.3) is 0 Å². The Labute approximate surface area is 226 Å². The van der Waals surface area contributed by atoms with Crippen LogP contribution in [0.4, 0.5) is 4.79 Å². The molecule has 199 valence electrons. The van der Waals surface area contributed by atoms with Gasteiger partial charge in [0.1, 0.15) is 0 Å². The monoisotopic (exact) mass is 534 g/mol. The Morgan fingerprint density at radius 3 is 2.29 bits per heavy atom. The third-order valence-electron chi connectivity index (χ3n) is 5.20. The number of hydrogen-bond acceptors (Lipinski definition) is 6.